The molecule has 4 aromatic heterocycles. The third kappa shape index (κ3) is 4.57. The lowest BCUT2D eigenvalue weighted by atomic mass is 10.1. The average Bonchev–Trinajstić information content (AvgIpc) is 3.57. The van der Waals surface area contributed by atoms with Gasteiger partial charge in [-0.1, -0.05) is 42.8 Å². The lowest BCUT2D eigenvalue weighted by Gasteiger charge is -2.03. The van der Waals surface area contributed by atoms with Gasteiger partial charge < -0.3 is 0 Å². The molecular formula is C24H21BrN2S4. The lowest BCUT2D eigenvalue weighted by molar-refractivity contribution is 0.670. The van der Waals surface area contributed by atoms with Gasteiger partial charge in [0.1, 0.15) is 5.52 Å². The zero-order chi connectivity index (χ0) is 21.2. The molecule has 7 heteroatoms. The molecule has 0 aliphatic rings. The van der Waals surface area contributed by atoms with E-state index in [2.05, 4.69) is 81.0 Å². The molecule has 0 saturated carbocycles. The first-order valence-corrected chi connectivity index (χ1v) is 14.4. The molecular weight excluding hydrogens is 524 g/mol. The van der Waals surface area contributed by atoms with E-state index in [-0.39, 0.29) is 0 Å². The van der Waals surface area contributed by atoms with E-state index in [1.165, 1.54) is 78.3 Å². The third-order valence-corrected chi connectivity index (χ3v) is 10.2. The Hall–Kier alpha value is -1.38. The number of unbranched alkanes of at least 4 members (excludes halogenated alkanes) is 3. The van der Waals surface area contributed by atoms with Crippen LogP contribution in [0.3, 0.4) is 0 Å². The fourth-order valence-corrected chi connectivity index (χ4v) is 8.07. The molecule has 0 aliphatic carbocycles. The van der Waals surface area contributed by atoms with Crippen molar-refractivity contribution in [3.8, 4) is 30.6 Å². The van der Waals surface area contributed by atoms with Crippen LogP contribution in [0.5, 0.6) is 0 Å². The van der Waals surface area contributed by atoms with Crippen LogP contribution < -0.4 is 0 Å². The number of halogens is 1. The summed E-state index contributed by atoms with van der Waals surface area (Å²) in [6.45, 7) is 2.27. The Labute approximate surface area is 206 Å². The highest BCUT2D eigenvalue weighted by molar-refractivity contribution is 9.11. The van der Waals surface area contributed by atoms with E-state index in [0.29, 0.717) is 0 Å². The number of rotatable bonds is 8. The van der Waals surface area contributed by atoms with Crippen LogP contribution in [0, 0.1) is 0 Å². The molecule has 158 valence electrons. The van der Waals surface area contributed by atoms with Crippen molar-refractivity contribution in [2.75, 3.05) is 0 Å². The SMILES string of the molecule is CCCCCCc1ccc(-c2ccc(-c3ccc(-c4ccc(Br)s4)c4nnsc34)s2)s1. The highest BCUT2D eigenvalue weighted by Gasteiger charge is 2.16. The van der Waals surface area contributed by atoms with Gasteiger partial charge in [-0.25, -0.2) is 0 Å². The summed E-state index contributed by atoms with van der Waals surface area (Å²) in [7, 11) is 0. The molecule has 0 atom stereocenters. The van der Waals surface area contributed by atoms with Crippen molar-refractivity contribution < 1.29 is 0 Å². The van der Waals surface area contributed by atoms with Crippen molar-refractivity contribution in [3.63, 3.8) is 0 Å². The first-order valence-electron chi connectivity index (χ1n) is 10.4. The van der Waals surface area contributed by atoms with Crippen molar-refractivity contribution in [2.45, 2.75) is 39.0 Å². The van der Waals surface area contributed by atoms with Gasteiger partial charge in [0.05, 0.1) is 8.49 Å². The van der Waals surface area contributed by atoms with Gasteiger partial charge in [0.15, 0.2) is 0 Å². The quantitative estimate of drug-likeness (QED) is 0.181. The second-order valence-electron chi connectivity index (χ2n) is 7.46. The first-order chi connectivity index (χ1) is 15.2. The summed E-state index contributed by atoms with van der Waals surface area (Å²) in [5, 5.41) is 4.47. The Morgan fingerprint density at radius 1 is 0.742 bits per heavy atom. The van der Waals surface area contributed by atoms with Gasteiger partial charge in [0.2, 0.25) is 0 Å². The molecule has 0 bridgehead atoms. The molecule has 5 aromatic rings. The Bertz CT molecular complexity index is 1310. The van der Waals surface area contributed by atoms with Gasteiger partial charge in [-0.2, -0.15) is 0 Å². The zero-order valence-corrected chi connectivity index (χ0v) is 21.9. The summed E-state index contributed by atoms with van der Waals surface area (Å²) in [5.74, 6) is 0. The van der Waals surface area contributed by atoms with Crippen molar-refractivity contribution in [1.82, 2.24) is 9.59 Å². The lowest BCUT2D eigenvalue weighted by Crippen LogP contribution is -1.80. The first kappa shape index (κ1) is 21.5. The predicted molar refractivity (Wildman–Crippen MR) is 143 cm³/mol. The Morgan fingerprint density at radius 3 is 2.32 bits per heavy atom. The minimum Gasteiger partial charge on any atom is -0.139 e. The summed E-state index contributed by atoms with van der Waals surface area (Å²) in [6.07, 6.45) is 6.48. The van der Waals surface area contributed by atoms with E-state index in [1.54, 1.807) is 11.3 Å². The minimum atomic E-state index is 0.997. The standard InChI is InChI=1S/C24H21BrN2S4/c1-2-3-4-5-6-15-7-10-20(28-15)21-12-11-19(29-21)17-9-8-16(18-13-14-22(25)30-18)23-24(17)31-27-26-23/h7-14H,2-6H2,1H3. The van der Waals surface area contributed by atoms with Crippen molar-refractivity contribution >= 4 is 71.7 Å². The highest BCUT2D eigenvalue weighted by atomic mass is 79.9. The van der Waals surface area contributed by atoms with Crippen LogP contribution in [0.2, 0.25) is 0 Å². The molecule has 0 unspecified atom stereocenters. The minimum absolute atomic E-state index is 0.997. The molecule has 0 fully saturated rings. The topological polar surface area (TPSA) is 25.8 Å². The summed E-state index contributed by atoms with van der Waals surface area (Å²) < 4.78 is 6.58. The largest absolute Gasteiger partial charge is 0.139 e. The van der Waals surface area contributed by atoms with Crippen LogP contribution in [-0.2, 0) is 6.42 Å². The molecule has 5 rings (SSSR count). The number of hydrogen-bond acceptors (Lipinski definition) is 6. The van der Waals surface area contributed by atoms with Crippen molar-refractivity contribution in [3.05, 3.63) is 57.2 Å². The zero-order valence-electron chi connectivity index (χ0n) is 17.1. The maximum Gasteiger partial charge on any atom is 0.115 e. The number of nitrogens with zero attached hydrogens (tertiary/aromatic N) is 2. The maximum absolute atomic E-state index is 4.47. The van der Waals surface area contributed by atoms with Crippen LogP contribution in [0.25, 0.3) is 40.9 Å². The van der Waals surface area contributed by atoms with Crippen LogP contribution in [0.1, 0.15) is 37.5 Å². The summed E-state index contributed by atoms with van der Waals surface area (Å²) in [4.78, 5) is 6.72. The third-order valence-electron chi connectivity index (χ3n) is 5.30. The Balaban J connectivity index is 1.41. The van der Waals surface area contributed by atoms with E-state index in [9.17, 15) is 0 Å². The molecule has 1 aromatic carbocycles. The fraction of sp³-hybridized carbons (Fsp3) is 0.250. The van der Waals surface area contributed by atoms with Gasteiger partial charge in [-0.3, -0.25) is 0 Å². The number of thiophene rings is 3. The smallest absolute Gasteiger partial charge is 0.115 e. The van der Waals surface area contributed by atoms with Crippen LogP contribution in [0.4, 0.5) is 0 Å². The molecule has 0 saturated heterocycles. The van der Waals surface area contributed by atoms with Crippen molar-refractivity contribution in [2.24, 2.45) is 0 Å². The number of aryl methyl sites for hydroxylation is 1. The second kappa shape index (κ2) is 9.63. The molecule has 0 amide bonds. The number of aromatic nitrogens is 2. The normalized spacial score (nSPS) is 11.5. The summed E-state index contributed by atoms with van der Waals surface area (Å²) >= 11 is 10.6. The second-order valence-corrected chi connectivity index (χ2v) is 12.9. The van der Waals surface area contributed by atoms with E-state index in [1.807, 2.05) is 22.7 Å². The van der Waals surface area contributed by atoms with Gasteiger partial charge in [-0.05, 0) is 76.7 Å². The van der Waals surface area contributed by atoms with Crippen molar-refractivity contribution in [1.29, 1.82) is 0 Å². The van der Waals surface area contributed by atoms with Gasteiger partial charge in [0.25, 0.3) is 0 Å². The molecule has 4 heterocycles. The van der Waals surface area contributed by atoms with E-state index >= 15 is 0 Å². The highest BCUT2D eigenvalue weighted by Crippen LogP contribution is 2.43. The number of fused-ring (bicyclic) bond motifs is 1. The average molecular weight is 546 g/mol. The van der Waals surface area contributed by atoms with Crippen LogP contribution in [0.15, 0.2) is 52.3 Å². The van der Waals surface area contributed by atoms with Gasteiger partial charge in [-0.15, -0.1) is 39.1 Å². The molecule has 0 aliphatic heterocycles. The fourth-order valence-electron chi connectivity index (χ4n) is 3.70. The molecule has 0 N–H and O–H groups in total. The predicted octanol–water partition coefficient (Wildman–Crippen LogP) is 9.76. The van der Waals surface area contributed by atoms with Gasteiger partial charge >= 0.3 is 0 Å². The van der Waals surface area contributed by atoms with E-state index in [0.717, 1.165) is 14.9 Å². The van der Waals surface area contributed by atoms with Gasteiger partial charge in [0, 0.05) is 35.5 Å². The van der Waals surface area contributed by atoms with E-state index < -0.39 is 0 Å². The maximum atomic E-state index is 4.47. The number of benzene rings is 1. The number of hydrogen-bond donors (Lipinski definition) is 0. The monoisotopic (exact) mass is 544 g/mol. The molecule has 0 spiro atoms. The molecule has 2 nitrogen and oxygen atoms in total. The molecule has 0 radical (unpaired) electrons. The summed E-state index contributed by atoms with van der Waals surface area (Å²) in [6, 6.07) is 17.8. The Kier molecular flexibility index (Phi) is 6.67. The Morgan fingerprint density at radius 2 is 1.48 bits per heavy atom. The molecule has 31 heavy (non-hydrogen) atoms. The van der Waals surface area contributed by atoms with E-state index in [4.69, 9.17) is 0 Å². The summed E-state index contributed by atoms with van der Waals surface area (Å²) in [5.41, 5.74) is 3.39. The van der Waals surface area contributed by atoms with Crippen LogP contribution >= 0.6 is 61.5 Å². The van der Waals surface area contributed by atoms with Crippen LogP contribution in [-0.4, -0.2) is 9.59 Å².